The lowest BCUT2D eigenvalue weighted by atomic mass is 9.97. The van der Waals surface area contributed by atoms with Gasteiger partial charge in [-0.05, 0) is 31.4 Å². The van der Waals surface area contributed by atoms with Gasteiger partial charge in [-0.3, -0.25) is 23.3 Å². The van der Waals surface area contributed by atoms with Gasteiger partial charge in [0.15, 0.2) is 11.2 Å². The fourth-order valence-electron chi connectivity index (χ4n) is 4.82. The van der Waals surface area contributed by atoms with Crippen LogP contribution in [0.5, 0.6) is 0 Å². The Morgan fingerprint density at radius 2 is 2.05 bits per heavy atom. The number of imidazole rings is 1. The third kappa shape index (κ3) is 5.15. The number of carbonyl (C=O) groups is 1. The first-order chi connectivity index (χ1) is 17.7. The first-order valence-electron chi connectivity index (χ1n) is 12.3. The molecule has 0 bridgehead atoms. The third-order valence-electron chi connectivity index (χ3n) is 6.99. The number of nitrogens with one attached hydrogen (secondary N) is 1. The number of rotatable bonds is 8. The van der Waals surface area contributed by atoms with E-state index < -0.39 is 17.1 Å². The number of hydrogen-bond donors (Lipinski definition) is 1. The number of fused-ring (bicyclic) bond motifs is 1. The van der Waals surface area contributed by atoms with Gasteiger partial charge >= 0.3 is 5.69 Å². The van der Waals surface area contributed by atoms with E-state index in [1.165, 1.54) is 30.8 Å². The summed E-state index contributed by atoms with van der Waals surface area (Å²) in [5.74, 6) is -0.510. The summed E-state index contributed by atoms with van der Waals surface area (Å²) < 4.78 is 23.9. The number of halogens is 2. The highest BCUT2D eigenvalue weighted by Crippen LogP contribution is 2.29. The number of methoxy groups -OCH3 is 1. The highest BCUT2D eigenvalue weighted by molar-refractivity contribution is 6.31. The van der Waals surface area contributed by atoms with Crippen LogP contribution in [0.4, 0.5) is 10.3 Å². The van der Waals surface area contributed by atoms with Gasteiger partial charge in [0, 0.05) is 44.9 Å². The summed E-state index contributed by atoms with van der Waals surface area (Å²) in [6.07, 6.45) is 2.16. The maximum atomic E-state index is 14.8. The standard InChI is InChI=1S/C25H32ClFN6O4/c1-5-16(14-37-4)28-22(34)15-8-7-11-32(12-15)24-29-21-20(23(35)31(3)25(36)30(21)2)33(24)13-17-18(26)9-6-10-19(17)27/h6,9-10,15-16H,5,7-8,11-14H2,1-4H3,(H,28,34). The molecule has 12 heteroatoms. The minimum atomic E-state index is -0.541. The van der Waals surface area contributed by atoms with Gasteiger partial charge in [0.05, 0.1) is 25.1 Å². The summed E-state index contributed by atoms with van der Waals surface area (Å²) >= 11 is 6.33. The average molecular weight is 535 g/mol. The second-order valence-electron chi connectivity index (χ2n) is 9.43. The van der Waals surface area contributed by atoms with Gasteiger partial charge in [-0.2, -0.15) is 4.98 Å². The van der Waals surface area contributed by atoms with Crippen LogP contribution in [0.15, 0.2) is 27.8 Å². The van der Waals surface area contributed by atoms with Crippen LogP contribution >= 0.6 is 11.6 Å². The Kier molecular flexibility index (Phi) is 8.03. The average Bonchev–Trinajstić information content (AvgIpc) is 3.27. The largest absolute Gasteiger partial charge is 0.383 e. The number of carbonyl (C=O) groups excluding carboxylic acids is 1. The minimum Gasteiger partial charge on any atom is -0.383 e. The molecular formula is C25H32ClFN6O4. The zero-order valence-corrected chi connectivity index (χ0v) is 22.2. The lowest BCUT2D eigenvalue weighted by Gasteiger charge is -2.33. The van der Waals surface area contributed by atoms with Crippen molar-refractivity contribution in [3.8, 4) is 0 Å². The predicted molar refractivity (Wildman–Crippen MR) is 140 cm³/mol. The number of benzene rings is 1. The zero-order chi connectivity index (χ0) is 26.9. The highest BCUT2D eigenvalue weighted by Gasteiger charge is 2.31. The van der Waals surface area contributed by atoms with Crippen LogP contribution in [-0.2, 0) is 30.2 Å². The zero-order valence-electron chi connectivity index (χ0n) is 21.5. The molecule has 1 N–H and O–H groups in total. The van der Waals surface area contributed by atoms with Gasteiger partial charge in [0.1, 0.15) is 5.82 Å². The molecule has 10 nitrogen and oxygen atoms in total. The van der Waals surface area contributed by atoms with Crippen LogP contribution < -0.4 is 21.5 Å². The molecule has 0 radical (unpaired) electrons. The molecule has 2 unspecified atom stereocenters. The van der Waals surface area contributed by atoms with Crippen molar-refractivity contribution in [2.45, 2.75) is 38.8 Å². The fraction of sp³-hybridized carbons (Fsp3) is 0.520. The molecule has 4 rings (SSSR count). The van der Waals surface area contributed by atoms with Crippen molar-refractivity contribution < 1.29 is 13.9 Å². The molecule has 0 aliphatic carbocycles. The van der Waals surface area contributed by atoms with Crippen molar-refractivity contribution in [2.75, 3.05) is 31.7 Å². The maximum Gasteiger partial charge on any atom is 0.332 e. The van der Waals surface area contributed by atoms with Gasteiger partial charge in [-0.25, -0.2) is 9.18 Å². The number of aromatic nitrogens is 4. The molecule has 2 aromatic heterocycles. The van der Waals surface area contributed by atoms with E-state index in [4.69, 9.17) is 16.3 Å². The van der Waals surface area contributed by atoms with Gasteiger partial charge in [-0.1, -0.05) is 24.6 Å². The van der Waals surface area contributed by atoms with Crippen molar-refractivity contribution in [1.82, 2.24) is 24.0 Å². The van der Waals surface area contributed by atoms with E-state index in [1.54, 1.807) is 17.7 Å². The van der Waals surface area contributed by atoms with E-state index in [2.05, 4.69) is 10.3 Å². The van der Waals surface area contributed by atoms with E-state index in [0.717, 1.165) is 17.4 Å². The van der Waals surface area contributed by atoms with Gasteiger partial charge in [0.2, 0.25) is 11.9 Å². The molecule has 1 amide bonds. The van der Waals surface area contributed by atoms with Crippen molar-refractivity contribution >= 4 is 34.6 Å². The second-order valence-corrected chi connectivity index (χ2v) is 9.84. The van der Waals surface area contributed by atoms with Crippen LogP contribution in [-0.4, -0.2) is 57.4 Å². The monoisotopic (exact) mass is 534 g/mol. The molecular weight excluding hydrogens is 503 g/mol. The normalized spacial score (nSPS) is 16.8. The molecule has 1 aliphatic rings. The molecule has 2 atom stereocenters. The van der Waals surface area contributed by atoms with Gasteiger partial charge in [0.25, 0.3) is 5.56 Å². The molecule has 1 aromatic carbocycles. The van der Waals surface area contributed by atoms with Gasteiger partial charge < -0.3 is 15.0 Å². The van der Waals surface area contributed by atoms with Crippen LogP contribution in [0.1, 0.15) is 31.7 Å². The summed E-state index contributed by atoms with van der Waals surface area (Å²) in [5, 5.41) is 3.27. The Morgan fingerprint density at radius 3 is 2.73 bits per heavy atom. The second kappa shape index (κ2) is 11.1. The fourth-order valence-corrected chi connectivity index (χ4v) is 5.05. The predicted octanol–water partition coefficient (Wildman–Crippen LogP) is 2.03. The van der Waals surface area contributed by atoms with E-state index in [-0.39, 0.29) is 46.2 Å². The van der Waals surface area contributed by atoms with Crippen LogP contribution in [0.2, 0.25) is 5.02 Å². The van der Waals surface area contributed by atoms with Crippen LogP contribution in [0, 0.1) is 11.7 Å². The maximum absolute atomic E-state index is 14.8. The Morgan fingerprint density at radius 1 is 1.30 bits per heavy atom. The third-order valence-corrected chi connectivity index (χ3v) is 7.34. The number of aryl methyl sites for hydroxylation is 1. The highest BCUT2D eigenvalue weighted by atomic mass is 35.5. The summed E-state index contributed by atoms with van der Waals surface area (Å²) in [6.45, 7) is 3.29. The van der Waals surface area contributed by atoms with E-state index in [0.29, 0.717) is 32.1 Å². The molecule has 1 aliphatic heterocycles. The summed E-state index contributed by atoms with van der Waals surface area (Å²) in [5.41, 5.74) is -0.500. The molecule has 0 spiro atoms. The Hall–Kier alpha value is -3.18. The SMILES string of the molecule is CCC(COC)NC(=O)C1CCCN(c2nc3c(c(=O)n(C)c(=O)n3C)n2Cc2c(F)cccc2Cl)C1. The first kappa shape index (κ1) is 26.9. The number of piperidine rings is 1. The van der Waals surface area contributed by atoms with E-state index >= 15 is 0 Å². The van der Waals surface area contributed by atoms with E-state index in [9.17, 15) is 18.8 Å². The van der Waals surface area contributed by atoms with Crippen molar-refractivity contribution in [3.05, 3.63) is 55.4 Å². The number of hydrogen-bond acceptors (Lipinski definition) is 6. The molecule has 1 saturated heterocycles. The van der Waals surface area contributed by atoms with Crippen molar-refractivity contribution in [1.29, 1.82) is 0 Å². The number of anilines is 1. The van der Waals surface area contributed by atoms with E-state index in [1.807, 2.05) is 11.8 Å². The Bertz CT molecular complexity index is 1410. The summed E-state index contributed by atoms with van der Waals surface area (Å²) in [6, 6.07) is 4.31. The summed E-state index contributed by atoms with van der Waals surface area (Å²) in [4.78, 5) is 45.5. The molecule has 3 aromatic rings. The first-order valence-corrected chi connectivity index (χ1v) is 12.7. The molecule has 1 fully saturated rings. The van der Waals surface area contributed by atoms with Crippen LogP contribution in [0.3, 0.4) is 0 Å². The van der Waals surface area contributed by atoms with Crippen molar-refractivity contribution in [2.24, 2.45) is 20.0 Å². The smallest absolute Gasteiger partial charge is 0.332 e. The lowest BCUT2D eigenvalue weighted by molar-refractivity contribution is -0.126. The lowest BCUT2D eigenvalue weighted by Crippen LogP contribution is -2.47. The molecule has 200 valence electrons. The number of ether oxygens (including phenoxy) is 1. The van der Waals surface area contributed by atoms with Gasteiger partial charge in [-0.15, -0.1) is 0 Å². The van der Waals surface area contributed by atoms with Crippen molar-refractivity contribution in [3.63, 3.8) is 0 Å². The Balaban J connectivity index is 1.79. The number of nitrogens with zero attached hydrogens (tertiary/aromatic N) is 5. The molecule has 3 heterocycles. The quantitative estimate of drug-likeness (QED) is 0.474. The topological polar surface area (TPSA) is 103 Å². The summed E-state index contributed by atoms with van der Waals surface area (Å²) in [7, 11) is 4.53. The molecule has 37 heavy (non-hydrogen) atoms. The minimum absolute atomic E-state index is 0.0656. The number of amides is 1. The molecule has 0 saturated carbocycles. The Labute approximate surface area is 218 Å². The van der Waals surface area contributed by atoms with Crippen LogP contribution in [0.25, 0.3) is 11.2 Å².